The number of pyridine rings is 1. The Labute approximate surface area is 150 Å². The maximum absolute atomic E-state index is 12.6. The number of hydrogen-bond donors (Lipinski definition) is 1. The van der Waals surface area contributed by atoms with Gasteiger partial charge in [-0.25, -0.2) is 0 Å². The molecule has 2 aliphatic carbocycles. The van der Waals surface area contributed by atoms with Crippen molar-refractivity contribution in [2.24, 2.45) is 0 Å². The van der Waals surface area contributed by atoms with Crippen molar-refractivity contribution in [3.63, 3.8) is 0 Å². The minimum absolute atomic E-state index is 0.0860. The number of carbonyl (C=O) groups is 2. The van der Waals surface area contributed by atoms with E-state index in [0.717, 1.165) is 36.9 Å². The Morgan fingerprint density at radius 2 is 2.12 bits per heavy atom. The van der Waals surface area contributed by atoms with E-state index in [4.69, 9.17) is 4.52 Å². The van der Waals surface area contributed by atoms with Crippen LogP contribution in [-0.2, 0) is 4.79 Å². The summed E-state index contributed by atoms with van der Waals surface area (Å²) in [5.41, 5.74) is 1.80. The molecule has 0 radical (unpaired) electrons. The number of aromatic nitrogens is 2. The second kappa shape index (κ2) is 5.93. The Bertz CT molecular complexity index is 841. The highest BCUT2D eigenvalue weighted by atomic mass is 16.5. The number of carbonyl (C=O) groups excluding carboxylic acids is 2. The number of hydrogen-bond acceptors (Lipinski definition) is 5. The monoisotopic (exact) mass is 352 g/mol. The molecule has 5 rings (SSSR count). The second-order valence-electron chi connectivity index (χ2n) is 7.44. The molecule has 7 nitrogen and oxygen atoms in total. The molecule has 3 fully saturated rings. The quantitative estimate of drug-likeness (QED) is 0.891. The van der Waals surface area contributed by atoms with Gasteiger partial charge in [0.25, 0.3) is 5.91 Å². The third-order valence-corrected chi connectivity index (χ3v) is 5.39. The molecule has 2 aromatic rings. The Balaban J connectivity index is 1.38. The fourth-order valence-corrected chi connectivity index (χ4v) is 3.82. The van der Waals surface area contributed by atoms with Crippen molar-refractivity contribution in [1.82, 2.24) is 20.4 Å². The minimum atomic E-state index is -0.311. The number of nitrogens with one attached hydrogen (secondary N) is 1. The first-order valence-corrected chi connectivity index (χ1v) is 9.19. The highest BCUT2D eigenvalue weighted by Gasteiger charge is 2.48. The second-order valence-corrected chi connectivity index (χ2v) is 7.44. The summed E-state index contributed by atoms with van der Waals surface area (Å²) in [5, 5.41) is 6.99. The van der Waals surface area contributed by atoms with Crippen molar-refractivity contribution in [1.29, 1.82) is 0 Å². The first-order chi connectivity index (χ1) is 12.7. The summed E-state index contributed by atoms with van der Waals surface area (Å²) in [5.74, 6) is 0.424. The molecule has 3 heterocycles. The largest absolute Gasteiger partial charge is 0.351 e. The van der Waals surface area contributed by atoms with Gasteiger partial charge in [0.05, 0.1) is 17.8 Å². The highest BCUT2D eigenvalue weighted by Crippen LogP contribution is 2.42. The van der Waals surface area contributed by atoms with Gasteiger partial charge >= 0.3 is 0 Å². The maximum atomic E-state index is 12.6. The van der Waals surface area contributed by atoms with Crippen LogP contribution in [-0.4, -0.2) is 38.9 Å². The molecule has 2 aromatic heterocycles. The summed E-state index contributed by atoms with van der Waals surface area (Å²) in [6.45, 7) is 0. The van der Waals surface area contributed by atoms with Crippen LogP contribution in [0, 0.1) is 0 Å². The summed E-state index contributed by atoms with van der Waals surface area (Å²) in [6.07, 6.45) is 8.03. The minimum Gasteiger partial charge on any atom is -0.351 e. The van der Waals surface area contributed by atoms with Crippen LogP contribution >= 0.6 is 0 Å². The summed E-state index contributed by atoms with van der Waals surface area (Å²) in [6, 6.07) is 5.35. The molecule has 2 atom stereocenters. The summed E-state index contributed by atoms with van der Waals surface area (Å²) >= 11 is 0. The van der Waals surface area contributed by atoms with Gasteiger partial charge in [-0.1, -0.05) is 11.2 Å². The van der Waals surface area contributed by atoms with E-state index < -0.39 is 0 Å². The zero-order valence-corrected chi connectivity index (χ0v) is 14.3. The number of rotatable bonds is 5. The van der Waals surface area contributed by atoms with Crippen LogP contribution in [0.4, 0.5) is 0 Å². The smallest absolute Gasteiger partial charge is 0.290 e. The lowest BCUT2D eigenvalue weighted by Crippen LogP contribution is -2.40. The Hall–Kier alpha value is -2.70. The van der Waals surface area contributed by atoms with Gasteiger partial charge in [-0.15, -0.1) is 0 Å². The maximum Gasteiger partial charge on any atom is 0.290 e. The number of amides is 2. The molecule has 134 valence electrons. The first-order valence-electron chi connectivity index (χ1n) is 9.19. The fraction of sp³-hybridized carbons (Fsp3) is 0.474. The molecule has 0 spiro atoms. The fourth-order valence-electron chi connectivity index (χ4n) is 3.82. The van der Waals surface area contributed by atoms with Gasteiger partial charge in [0.1, 0.15) is 0 Å². The molecular weight excluding hydrogens is 332 g/mol. The molecule has 26 heavy (non-hydrogen) atoms. The van der Waals surface area contributed by atoms with E-state index in [-0.39, 0.29) is 35.7 Å². The van der Waals surface area contributed by atoms with Crippen molar-refractivity contribution in [3.8, 4) is 0 Å². The van der Waals surface area contributed by atoms with Crippen LogP contribution in [0.3, 0.4) is 0 Å². The SMILES string of the molecule is O=C(N[C@@H]1CC(=O)N(C2CC2)[C@H]1c1cccnc1)c1cc(C2CC2)no1. The standard InChI is InChI=1S/C19H20N4O3/c24-17-9-15(21-19(25)16-8-14(22-26-16)11-3-4-11)18(23(17)13-5-6-13)12-2-1-7-20-10-12/h1-2,7-8,10-11,13,15,18H,3-6,9H2,(H,21,25)/t15-,18+/m1/s1. The molecule has 0 aromatic carbocycles. The van der Waals surface area contributed by atoms with Crippen molar-refractivity contribution < 1.29 is 14.1 Å². The highest BCUT2D eigenvalue weighted by molar-refractivity contribution is 5.92. The molecule has 1 N–H and O–H groups in total. The van der Waals surface area contributed by atoms with Crippen LogP contribution in [0.25, 0.3) is 0 Å². The van der Waals surface area contributed by atoms with Gasteiger partial charge in [0.15, 0.2) is 0 Å². The van der Waals surface area contributed by atoms with E-state index in [1.165, 1.54) is 0 Å². The molecule has 1 saturated heterocycles. The first kappa shape index (κ1) is 15.5. The van der Waals surface area contributed by atoms with E-state index in [9.17, 15) is 9.59 Å². The van der Waals surface area contributed by atoms with Gasteiger partial charge in [-0.05, 0) is 37.3 Å². The van der Waals surface area contributed by atoms with E-state index >= 15 is 0 Å². The lowest BCUT2D eigenvalue weighted by molar-refractivity contribution is -0.129. The molecule has 0 bridgehead atoms. The third kappa shape index (κ3) is 2.77. The van der Waals surface area contributed by atoms with Crippen LogP contribution in [0.5, 0.6) is 0 Å². The normalized spacial score (nSPS) is 25.5. The van der Waals surface area contributed by atoms with Crippen LogP contribution in [0.2, 0.25) is 0 Å². The Kier molecular flexibility index (Phi) is 3.55. The number of nitrogens with zero attached hydrogens (tertiary/aromatic N) is 3. The van der Waals surface area contributed by atoms with Gasteiger partial charge < -0.3 is 14.7 Å². The van der Waals surface area contributed by atoms with Crippen LogP contribution in [0.1, 0.15) is 65.9 Å². The van der Waals surface area contributed by atoms with Crippen molar-refractivity contribution >= 4 is 11.8 Å². The number of likely N-dealkylation sites (tertiary alicyclic amines) is 1. The lowest BCUT2D eigenvalue weighted by atomic mass is 10.0. The molecule has 0 unspecified atom stereocenters. The van der Waals surface area contributed by atoms with Crippen molar-refractivity contribution in [3.05, 3.63) is 47.6 Å². The Morgan fingerprint density at radius 3 is 2.81 bits per heavy atom. The zero-order valence-electron chi connectivity index (χ0n) is 14.3. The van der Waals surface area contributed by atoms with Crippen LogP contribution in [0.15, 0.2) is 35.1 Å². The molecule has 3 aliphatic rings. The zero-order chi connectivity index (χ0) is 17.7. The van der Waals surface area contributed by atoms with E-state index in [1.807, 2.05) is 17.0 Å². The molecule has 1 aliphatic heterocycles. The molecule has 2 amide bonds. The molecule has 7 heteroatoms. The van der Waals surface area contributed by atoms with Gasteiger partial charge in [0, 0.05) is 36.8 Å². The summed E-state index contributed by atoms with van der Waals surface area (Å²) in [7, 11) is 0. The van der Waals surface area contributed by atoms with E-state index in [0.29, 0.717) is 12.3 Å². The van der Waals surface area contributed by atoms with Crippen molar-refractivity contribution in [2.45, 2.75) is 56.1 Å². The average molecular weight is 352 g/mol. The van der Waals surface area contributed by atoms with E-state index in [2.05, 4.69) is 15.5 Å². The lowest BCUT2D eigenvalue weighted by Gasteiger charge is -2.28. The summed E-state index contributed by atoms with van der Waals surface area (Å²) in [4.78, 5) is 31.3. The van der Waals surface area contributed by atoms with Crippen molar-refractivity contribution in [2.75, 3.05) is 0 Å². The third-order valence-electron chi connectivity index (χ3n) is 5.39. The Morgan fingerprint density at radius 1 is 1.27 bits per heavy atom. The predicted octanol–water partition coefficient (Wildman–Crippen LogP) is 2.18. The van der Waals surface area contributed by atoms with Gasteiger partial charge in [-0.2, -0.15) is 0 Å². The molecular formula is C19H20N4O3. The predicted molar refractivity (Wildman–Crippen MR) is 91.2 cm³/mol. The van der Waals surface area contributed by atoms with E-state index in [1.54, 1.807) is 18.5 Å². The topological polar surface area (TPSA) is 88.3 Å². The summed E-state index contributed by atoms with van der Waals surface area (Å²) < 4.78 is 5.22. The average Bonchev–Trinajstić information content (AvgIpc) is 3.58. The molecule has 2 saturated carbocycles. The van der Waals surface area contributed by atoms with Crippen LogP contribution < -0.4 is 5.32 Å². The van der Waals surface area contributed by atoms with Gasteiger partial charge in [0.2, 0.25) is 11.7 Å². The van der Waals surface area contributed by atoms with Gasteiger partial charge in [-0.3, -0.25) is 14.6 Å².